The van der Waals surface area contributed by atoms with Crippen molar-refractivity contribution in [2.45, 2.75) is 61.7 Å². The molecule has 65 heavy (non-hydrogen) atoms. The summed E-state index contributed by atoms with van der Waals surface area (Å²) in [5, 5.41) is 74.7. The highest BCUT2D eigenvalue weighted by Crippen LogP contribution is 2.39. The van der Waals surface area contributed by atoms with Crippen LogP contribution in [0, 0.1) is 0 Å². The Morgan fingerprint density at radius 1 is 0.631 bits per heavy atom. The molecule has 2 aliphatic heterocycles. The maximum Gasteiger partial charge on any atom is 0.331 e. The largest absolute Gasteiger partial charge is 0.504 e. The van der Waals surface area contributed by atoms with Crippen molar-refractivity contribution >= 4 is 42.1 Å². The standard InChI is InChI=1S/C44H48O21/c1-23(46)59-20-33-38(53)40(55)41(62-36(51)15-9-25-6-12-28(48)31(18-25)57-3)43(61-33)65-44(22-45)42(63-37(52)16-10-26-7-13-29(49)32(19-26)58-4)39(54)34(64-44)21-60-35(50)14-8-24-5-11-27(47)30(17-24)56-2/h5-19,33-34,38-43,45,47-49,53-55H,20-22H2,1-4H3/b14-8+,15-9+,16-10+/t33-,34-,38-,39-,40+,41-,42+,43-,44+/m1/s1. The predicted molar refractivity (Wildman–Crippen MR) is 221 cm³/mol. The summed E-state index contributed by atoms with van der Waals surface area (Å²) in [7, 11) is 3.97. The van der Waals surface area contributed by atoms with Gasteiger partial charge in [-0.15, -0.1) is 0 Å². The van der Waals surface area contributed by atoms with Crippen LogP contribution < -0.4 is 14.2 Å². The Labute approximate surface area is 370 Å². The Kier molecular flexibility index (Phi) is 16.9. The number of phenols is 3. The van der Waals surface area contributed by atoms with Crippen molar-refractivity contribution in [3.05, 3.63) is 89.5 Å². The molecule has 5 rings (SSSR count). The Morgan fingerprint density at radius 3 is 1.55 bits per heavy atom. The molecule has 0 amide bonds. The molecule has 2 saturated heterocycles. The van der Waals surface area contributed by atoms with Gasteiger partial charge in [-0.05, 0) is 71.3 Å². The third-order valence-corrected chi connectivity index (χ3v) is 9.84. The van der Waals surface area contributed by atoms with E-state index in [0.717, 1.165) is 25.2 Å². The van der Waals surface area contributed by atoms with Crippen LogP contribution in [0.1, 0.15) is 23.6 Å². The van der Waals surface area contributed by atoms with Crippen molar-refractivity contribution in [1.29, 1.82) is 0 Å². The second-order valence-electron chi connectivity index (χ2n) is 14.2. The molecule has 21 heteroatoms. The summed E-state index contributed by atoms with van der Waals surface area (Å²) >= 11 is 0. The van der Waals surface area contributed by atoms with Gasteiger partial charge in [0.25, 0.3) is 0 Å². The lowest BCUT2D eigenvalue weighted by Crippen LogP contribution is -2.64. The van der Waals surface area contributed by atoms with Gasteiger partial charge in [-0.2, -0.15) is 0 Å². The minimum atomic E-state index is -2.68. The van der Waals surface area contributed by atoms with Gasteiger partial charge >= 0.3 is 23.9 Å². The van der Waals surface area contributed by atoms with Gasteiger partial charge < -0.3 is 83.1 Å². The first-order valence-electron chi connectivity index (χ1n) is 19.5. The number of phenolic OH excluding ortho intramolecular Hbond substituents is 3. The molecule has 2 heterocycles. The summed E-state index contributed by atoms with van der Waals surface area (Å²) in [5.74, 6) is -6.91. The van der Waals surface area contributed by atoms with Gasteiger partial charge in [0, 0.05) is 25.2 Å². The van der Waals surface area contributed by atoms with E-state index in [9.17, 15) is 54.9 Å². The molecule has 9 atom stereocenters. The molecule has 0 radical (unpaired) electrons. The van der Waals surface area contributed by atoms with Crippen molar-refractivity contribution < 1.29 is 102 Å². The molecule has 3 aromatic rings. The van der Waals surface area contributed by atoms with Crippen molar-refractivity contribution in [1.82, 2.24) is 0 Å². The van der Waals surface area contributed by atoms with Crippen molar-refractivity contribution in [2.24, 2.45) is 0 Å². The minimum absolute atomic E-state index is 0.0842. The molecule has 0 aliphatic carbocycles. The monoisotopic (exact) mass is 912 g/mol. The highest BCUT2D eigenvalue weighted by molar-refractivity contribution is 5.88. The van der Waals surface area contributed by atoms with Crippen LogP contribution in [-0.4, -0.2) is 156 Å². The van der Waals surface area contributed by atoms with Gasteiger partial charge in [-0.3, -0.25) is 4.79 Å². The van der Waals surface area contributed by atoms with Crippen LogP contribution in [0.2, 0.25) is 0 Å². The molecule has 2 fully saturated rings. The van der Waals surface area contributed by atoms with Crippen LogP contribution in [0.25, 0.3) is 18.2 Å². The van der Waals surface area contributed by atoms with E-state index in [1.807, 2.05) is 0 Å². The van der Waals surface area contributed by atoms with Crippen LogP contribution in [-0.2, 0) is 52.3 Å². The number of aliphatic hydroxyl groups excluding tert-OH is 4. The number of aliphatic hydroxyl groups is 4. The van der Waals surface area contributed by atoms with E-state index in [4.69, 9.17) is 47.4 Å². The number of carbonyl (C=O) groups is 4. The maximum absolute atomic E-state index is 13.4. The Balaban J connectivity index is 1.44. The lowest BCUT2D eigenvalue weighted by atomic mass is 9.98. The number of hydrogen-bond acceptors (Lipinski definition) is 21. The van der Waals surface area contributed by atoms with Gasteiger partial charge in [-0.1, -0.05) is 18.2 Å². The van der Waals surface area contributed by atoms with Crippen molar-refractivity contribution in [3.8, 4) is 34.5 Å². The molecule has 3 aromatic carbocycles. The summed E-state index contributed by atoms with van der Waals surface area (Å²) in [6, 6.07) is 12.6. The molecular weight excluding hydrogens is 864 g/mol. The third kappa shape index (κ3) is 12.5. The molecule has 0 unspecified atom stereocenters. The SMILES string of the molecule is COc1cc(/C=C/C(=O)OC[C@H]2O[C@@](CO)(O[C@H]3O[C@H](COC(C)=O)[C@@H](O)[C@H](O)[C@H]3OC(=O)/C=C/c3ccc(O)c(OC)c3)[C@@H](OC(=O)/C=C/c3ccc(O)c(OC)c3)[C@@H]2O)ccc1O. The van der Waals surface area contributed by atoms with Gasteiger partial charge in [0.15, 0.2) is 46.7 Å². The van der Waals surface area contributed by atoms with E-state index in [1.165, 1.54) is 94.2 Å². The fourth-order valence-electron chi connectivity index (χ4n) is 6.50. The molecule has 0 aromatic heterocycles. The topological polar surface area (TPSA) is 302 Å². The van der Waals surface area contributed by atoms with Crippen molar-refractivity contribution in [2.75, 3.05) is 41.2 Å². The van der Waals surface area contributed by atoms with E-state index in [0.29, 0.717) is 16.7 Å². The van der Waals surface area contributed by atoms with E-state index in [2.05, 4.69) is 0 Å². The minimum Gasteiger partial charge on any atom is -0.504 e. The number of rotatable bonds is 18. The zero-order chi connectivity index (χ0) is 47.4. The summed E-state index contributed by atoms with van der Waals surface area (Å²) < 4.78 is 54.5. The van der Waals surface area contributed by atoms with E-state index in [-0.39, 0.29) is 34.5 Å². The highest BCUT2D eigenvalue weighted by atomic mass is 16.8. The van der Waals surface area contributed by atoms with Crippen LogP contribution in [0.5, 0.6) is 34.5 Å². The summed E-state index contributed by atoms with van der Waals surface area (Å²) in [5.41, 5.74) is 1.16. The quantitative estimate of drug-likeness (QED) is 0.0534. The number of benzene rings is 3. The summed E-state index contributed by atoms with van der Waals surface area (Å²) in [6.45, 7) is -1.61. The fraction of sp³-hybridized carbons (Fsp3) is 0.364. The number of aromatic hydroxyl groups is 3. The molecule has 350 valence electrons. The normalized spacial score (nSPS) is 25.4. The Morgan fingerprint density at radius 2 is 1.09 bits per heavy atom. The van der Waals surface area contributed by atoms with E-state index < -0.39 is 98.5 Å². The first kappa shape index (κ1) is 49.3. The fourth-order valence-corrected chi connectivity index (χ4v) is 6.50. The van der Waals surface area contributed by atoms with Crippen LogP contribution in [0.4, 0.5) is 0 Å². The third-order valence-electron chi connectivity index (χ3n) is 9.84. The number of hydrogen-bond donors (Lipinski definition) is 7. The lowest BCUT2D eigenvalue weighted by Gasteiger charge is -2.44. The zero-order valence-corrected chi connectivity index (χ0v) is 35.2. The van der Waals surface area contributed by atoms with Crippen LogP contribution >= 0.6 is 0 Å². The first-order valence-corrected chi connectivity index (χ1v) is 19.5. The second kappa shape index (κ2) is 22.3. The number of ether oxygens (including phenoxy) is 10. The van der Waals surface area contributed by atoms with Gasteiger partial charge in [0.2, 0.25) is 12.1 Å². The molecule has 0 bridgehead atoms. The second-order valence-corrected chi connectivity index (χ2v) is 14.2. The first-order chi connectivity index (χ1) is 31.0. The average Bonchev–Trinajstić information content (AvgIpc) is 3.55. The molecule has 0 saturated carbocycles. The lowest BCUT2D eigenvalue weighted by molar-refractivity contribution is -0.383. The molecule has 21 nitrogen and oxygen atoms in total. The summed E-state index contributed by atoms with van der Waals surface area (Å²) in [4.78, 5) is 51.2. The predicted octanol–water partition coefficient (Wildman–Crippen LogP) is 1.11. The van der Waals surface area contributed by atoms with Gasteiger partial charge in [0.1, 0.15) is 50.3 Å². The van der Waals surface area contributed by atoms with Crippen LogP contribution in [0.15, 0.2) is 72.8 Å². The Bertz CT molecular complexity index is 2250. The number of methoxy groups -OCH3 is 3. The zero-order valence-electron chi connectivity index (χ0n) is 35.2. The van der Waals surface area contributed by atoms with Crippen LogP contribution in [0.3, 0.4) is 0 Å². The highest BCUT2D eigenvalue weighted by Gasteiger charge is 2.62. The smallest absolute Gasteiger partial charge is 0.331 e. The average molecular weight is 913 g/mol. The Hall–Kier alpha value is -6.72. The van der Waals surface area contributed by atoms with E-state index >= 15 is 0 Å². The number of esters is 4. The number of carbonyl (C=O) groups excluding carboxylic acids is 4. The maximum atomic E-state index is 13.4. The molecular formula is C44H48O21. The molecule has 2 aliphatic rings. The van der Waals surface area contributed by atoms with Gasteiger partial charge in [-0.25, -0.2) is 14.4 Å². The van der Waals surface area contributed by atoms with Crippen molar-refractivity contribution in [3.63, 3.8) is 0 Å². The molecule has 0 spiro atoms. The van der Waals surface area contributed by atoms with E-state index in [1.54, 1.807) is 0 Å². The summed E-state index contributed by atoms with van der Waals surface area (Å²) in [6.07, 6.45) is -8.42. The molecule has 7 N–H and O–H groups in total. The van der Waals surface area contributed by atoms with Gasteiger partial charge in [0.05, 0.1) is 21.3 Å².